The van der Waals surface area contributed by atoms with Crippen LogP contribution < -0.4 is 5.73 Å². The Morgan fingerprint density at radius 2 is 2.07 bits per heavy atom. The number of rotatable bonds is 1. The largest absolute Gasteiger partial charge is 0.389 e. The highest BCUT2D eigenvalue weighted by Crippen LogP contribution is 2.30. The number of aryl methyl sites for hydroxylation is 1. The molecule has 1 aromatic carbocycles. The monoisotopic (exact) mass is 222 g/mol. The third-order valence-electron chi connectivity index (χ3n) is 2.09. The smallest absolute Gasteiger partial charge is 0.160 e. The fraction of sp³-hybridized carbons (Fsp3) is 0.100. The van der Waals surface area contributed by atoms with Gasteiger partial charge in [0.25, 0.3) is 0 Å². The Labute approximate surface area is 91.4 Å². The number of benzene rings is 1. The molecule has 0 saturated carbocycles. The Kier molecular flexibility index (Phi) is 2.39. The summed E-state index contributed by atoms with van der Waals surface area (Å²) < 4.78 is 0.723. The van der Waals surface area contributed by atoms with Crippen LogP contribution in [0.4, 0.5) is 5.00 Å². The van der Waals surface area contributed by atoms with E-state index in [1.54, 1.807) is 0 Å². The van der Waals surface area contributed by atoms with E-state index in [9.17, 15) is 0 Å². The lowest BCUT2D eigenvalue weighted by molar-refractivity contribution is 1.36. The minimum Gasteiger partial charge on any atom is -0.389 e. The summed E-state index contributed by atoms with van der Waals surface area (Å²) in [5, 5.41) is 0.754. The first-order valence-corrected chi connectivity index (χ1v) is 5.45. The Morgan fingerprint density at radius 3 is 2.64 bits per heavy atom. The van der Waals surface area contributed by atoms with Crippen LogP contribution in [0.2, 0.25) is 0 Å². The molecule has 14 heavy (non-hydrogen) atoms. The van der Waals surface area contributed by atoms with Gasteiger partial charge >= 0.3 is 0 Å². The summed E-state index contributed by atoms with van der Waals surface area (Å²) in [7, 11) is 0. The number of hydrogen-bond acceptors (Lipinski definition) is 3. The van der Waals surface area contributed by atoms with Gasteiger partial charge < -0.3 is 10.7 Å². The molecule has 0 aliphatic rings. The number of nitrogen functional groups attached to an aromatic ring is 1. The number of nitrogens with two attached hydrogens (primary N) is 1. The summed E-state index contributed by atoms with van der Waals surface area (Å²) in [5.74, 6) is 0. The lowest BCUT2D eigenvalue weighted by Crippen LogP contribution is -1.87. The molecule has 1 aromatic heterocycles. The number of anilines is 1. The number of H-pyrrole nitrogens is 1. The first-order chi connectivity index (χ1) is 6.68. The maximum Gasteiger partial charge on any atom is 0.160 e. The number of hydrogen-bond donors (Lipinski definition) is 2. The van der Waals surface area contributed by atoms with E-state index in [1.165, 1.54) is 16.9 Å². The van der Waals surface area contributed by atoms with E-state index in [2.05, 4.69) is 18.0 Å². The molecule has 1 heterocycles. The second-order valence-corrected chi connectivity index (χ2v) is 4.79. The topological polar surface area (TPSA) is 41.8 Å². The van der Waals surface area contributed by atoms with E-state index < -0.39 is 0 Å². The van der Waals surface area contributed by atoms with Gasteiger partial charge in [0, 0.05) is 5.56 Å². The first kappa shape index (κ1) is 9.43. The standard InChI is InChI=1S/C10H10N2S2/c1-6-4-2-3-5-7(6)8-9(11)14-10(13)12-8/h2-5H,11H2,1H3,(H,12,13). The maximum absolute atomic E-state index is 5.86. The van der Waals surface area contributed by atoms with Crippen LogP contribution in [-0.4, -0.2) is 4.98 Å². The Morgan fingerprint density at radius 1 is 1.36 bits per heavy atom. The van der Waals surface area contributed by atoms with Crippen molar-refractivity contribution in [3.05, 3.63) is 33.8 Å². The molecule has 0 aliphatic heterocycles. The van der Waals surface area contributed by atoms with Crippen LogP contribution >= 0.6 is 23.6 Å². The maximum atomic E-state index is 5.86. The van der Waals surface area contributed by atoms with E-state index in [4.69, 9.17) is 18.0 Å². The summed E-state index contributed by atoms with van der Waals surface area (Å²) in [6, 6.07) is 8.11. The van der Waals surface area contributed by atoms with Crippen molar-refractivity contribution in [2.24, 2.45) is 0 Å². The predicted molar refractivity (Wildman–Crippen MR) is 64.1 cm³/mol. The van der Waals surface area contributed by atoms with Crippen molar-refractivity contribution in [3.8, 4) is 11.3 Å². The van der Waals surface area contributed by atoms with Gasteiger partial charge in [-0.25, -0.2) is 0 Å². The number of aromatic nitrogens is 1. The van der Waals surface area contributed by atoms with Gasteiger partial charge in [0.05, 0.1) is 5.69 Å². The zero-order valence-electron chi connectivity index (χ0n) is 7.70. The van der Waals surface area contributed by atoms with Gasteiger partial charge in [0.15, 0.2) is 3.95 Å². The van der Waals surface area contributed by atoms with Crippen molar-refractivity contribution in [2.45, 2.75) is 6.92 Å². The molecule has 0 saturated heterocycles. The van der Waals surface area contributed by atoms with Crippen molar-refractivity contribution < 1.29 is 0 Å². The van der Waals surface area contributed by atoms with Gasteiger partial charge in [-0.05, 0) is 24.7 Å². The lowest BCUT2D eigenvalue weighted by Gasteiger charge is -2.02. The molecule has 2 aromatic rings. The average molecular weight is 222 g/mol. The molecule has 0 atom stereocenters. The second kappa shape index (κ2) is 3.55. The van der Waals surface area contributed by atoms with E-state index >= 15 is 0 Å². The van der Waals surface area contributed by atoms with Crippen LogP contribution in [0.15, 0.2) is 24.3 Å². The highest BCUT2D eigenvalue weighted by molar-refractivity contribution is 7.73. The van der Waals surface area contributed by atoms with Gasteiger partial charge in [-0.15, -0.1) is 0 Å². The summed E-state index contributed by atoms with van der Waals surface area (Å²) in [4.78, 5) is 3.11. The van der Waals surface area contributed by atoms with Crippen molar-refractivity contribution in [1.29, 1.82) is 0 Å². The van der Waals surface area contributed by atoms with Gasteiger partial charge in [-0.3, -0.25) is 0 Å². The number of aromatic amines is 1. The molecule has 0 radical (unpaired) electrons. The van der Waals surface area contributed by atoms with Crippen LogP contribution in [0, 0.1) is 10.9 Å². The summed E-state index contributed by atoms with van der Waals surface area (Å²) in [6.07, 6.45) is 0. The van der Waals surface area contributed by atoms with Crippen molar-refractivity contribution in [1.82, 2.24) is 4.98 Å². The van der Waals surface area contributed by atoms with Crippen LogP contribution in [0.1, 0.15) is 5.56 Å². The normalized spacial score (nSPS) is 10.4. The highest BCUT2D eigenvalue weighted by Gasteiger charge is 2.07. The molecule has 2 rings (SSSR count). The fourth-order valence-corrected chi connectivity index (χ4v) is 2.38. The summed E-state index contributed by atoms with van der Waals surface area (Å²) >= 11 is 6.46. The number of nitrogens with one attached hydrogen (secondary N) is 1. The predicted octanol–water partition coefficient (Wildman–Crippen LogP) is 3.36. The van der Waals surface area contributed by atoms with Crippen LogP contribution in [-0.2, 0) is 0 Å². The second-order valence-electron chi connectivity index (χ2n) is 3.07. The quantitative estimate of drug-likeness (QED) is 0.726. The van der Waals surface area contributed by atoms with Crippen molar-refractivity contribution >= 4 is 28.6 Å². The number of thiazole rings is 1. The molecule has 0 spiro atoms. The highest BCUT2D eigenvalue weighted by atomic mass is 32.1. The Hall–Kier alpha value is -1.13. The molecule has 0 bridgehead atoms. The molecule has 0 fully saturated rings. The molecule has 3 N–H and O–H groups in total. The molecule has 4 heteroatoms. The minimum absolute atomic E-state index is 0.723. The molecule has 0 aliphatic carbocycles. The molecule has 2 nitrogen and oxygen atoms in total. The van der Waals surface area contributed by atoms with Gasteiger partial charge in [-0.2, -0.15) is 0 Å². The van der Waals surface area contributed by atoms with Crippen LogP contribution in [0.5, 0.6) is 0 Å². The summed E-state index contributed by atoms with van der Waals surface area (Å²) in [5.41, 5.74) is 9.13. The molecule has 72 valence electrons. The van der Waals surface area contributed by atoms with E-state index in [0.29, 0.717) is 0 Å². The minimum atomic E-state index is 0.723. The Bertz CT molecular complexity index is 511. The van der Waals surface area contributed by atoms with Crippen molar-refractivity contribution in [2.75, 3.05) is 5.73 Å². The molecular formula is C10H10N2S2. The SMILES string of the molecule is Cc1ccccc1-c1[nH]c(=S)sc1N. The molecular weight excluding hydrogens is 212 g/mol. The van der Waals surface area contributed by atoms with Crippen LogP contribution in [0.3, 0.4) is 0 Å². The van der Waals surface area contributed by atoms with Gasteiger partial charge in [-0.1, -0.05) is 35.6 Å². The zero-order chi connectivity index (χ0) is 10.1. The third-order valence-corrected chi connectivity index (χ3v) is 3.15. The van der Waals surface area contributed by atoms with Gasteiger partial charge in [0.1, 0.15) is 5.00 Å². The average Bonchev–Trinajstić information content (AvgIpc) is 2.46. The van der Waals surface area contributed by atoms with E-state index in [1.807, 2.05) is 18.2 Å². The van der Waals surface area contributed by atoms with Crippen molar-refractivity contribution in [3.63, 3.8) is 0 Å². The fourth-order valence-electron chi connectivity index (χ4n) is 1.39. The first-order valence-electron chi connectivity index (χ1n) is 4.23. The van der Waals surface area contributed by atoms with E-state index in [0.717, 1.165) is 20.2 Å². The van der Waals surface area contributed by atoms with E-state index in [-0.39, 0.29) is 0 Å². The zero-order valence-corrected chi connectivity index (χ0v) is 9.34. The Balaban J connectivity index is 2.66. The molecule has 0 amide bonds. The lowest BCUT2D eigenvalue weighted by atomic mass is 10.1. The third kappa shape index (κ3) is 1.58. The summed E-state index contributed by atoms with van der Waals surface area (Å²) in [6.45, 7) is 2.06. The van der Waals surface area contributed by atoms with Crippen LogP contribution in [0.25, 0.3) is 11.3 Å². The molecule has 0 unspecified atom stereocenters. The van der Waals surface area contributed by atoms with Gasteiger partial charge in [0.2, 0.25) is 0 Å².